The normalized spacial score (nSPS) is 24.4. The third-order valence-corrected chi connectivity index (χ3v) is 4.10. The van der Waals surface area contributed by atoms with Gasteiger partial charge in [0.25, 0.3) is 0 Å². The van der Waals surface area contributed by atoms with Gasteiger partial charge in [0.05, 0.1) is 0 Å². The molecular formula is C15H20FNO2. The number of nitrogens with zero attached hydrogens (tertiary/aromatic N) is 1. The molecule has 1 N–H and O–H groups in total. The Hall–Kier alpha value is -1.42. The number of aliphatic carboxylic acids is 1. The fourth-order valence-electron chi connectivity index (χ4n) is 2.70. The number of rotatable bonds is 3. The summed E-state index contributed by atoms with van der Waals surface area (Å²) in [6.07, 6.45) is 2.63. The molecule has 1 fully saturated rings. The molecule has 1 heterocycles. The fraction of sp³-hybridized carbons (Fsp3) is 0.533. The van der Waals surface area contributed by atoms with Gasteiger partial charge in [-0.2, -0.15) is 0 Å². The minimum absolute atomic E-state index is 0.219. The minimum atomic E-state index is -0.805. The van der Waals surface area contributed by atoms with Gasteiger partial charge < -0.3 is 5.11 Å². The van der Waals surface area contributed by atoms with Crippen molar-refractivity contribution in [2.24, 2.45) is 0 Å². The van der Waals surface area contributed by atoms with Crippen molar-refractivity contribution in [3.05, 3.63) is 35.1 Å². The average molecular weight is 265 g/mol. The summed E-state index contributed by atoms with van der Waals surface area (Å²) in [5, 5.41) is 9.44. The molecule has 1 atom stereocenters. The van der Waals surface area contributed by atoms with Gasteiger partial charge >= 0.3 is 5.97 Å². The third-order valence-electron chi connectivity index (χ3n) is 4.10. The molecule has 1 aliphatic heterocycles. The maximum absolute atomic E-state index is 13.2. The lowest BCUT2D eigenvalue weighted by Gasteiger charge is -2.41. The first kappa shape index (κ1) is 14.0. The lowest BCUT2D eigenvalue weighted by Crippen LogP contribution is -2.54. The Kier molecular flexibility index (Phi) is 3.90. The van der Waals surface area contributed by atoms with E-state index in [1.165, 1.54) is 6.07 Å². The van der Waals surface area contributed by atoms with Gasteiger partial charge in [0.2, 0.25) is 0 Å². The van der Waals surface area contributed by atoms with Crippen LogP contribution in [0.3, 0.4) is 0 Å². The predicted octanol–water partition coefficient (Wildman–Crippen LogP) is 2.96. The largest absolute Gasteiger partial charge is 0.480 e. The Morgan fingerprint density at radius 2 is 2.21 bits per heavy atom. The van der Waals surface area contributed by atoms with Gasteiger partial charge in [-0.05, 0) is 56.8 Å². The summed E-state index contributed by atoms with van der Waals surface area (Å²) in [5.41, 5.74) is 0.764. The Labute approximate surface area is 113 Å². The fourth-order valence-corrected chi connectivity index (χ4v) is 2.70. The number of hydrogen-bond acceptors (Lipinski definition) is 2. The summed E-state index contributed by atoms with van der Waals surface area (Å²) in [6, 6.07) is 4.98. The van der Waals surface area contributed by atoms with E-state index in [0.29, 0.717) is 18.5 Å². The molecule has 1 aromatic rings. The second-order valence-electron chi connectivity index (χ2n) is 5.54. The molecule has 0 aliphatic carbocycles. The van der Waals surface area contributed by atoms with Crippen molar-refractivity contribution >= 4 is 5.97 Å². The van der Waals surface area contributed by atoms with Crippen LogP contribution < -0.4 is 0 Å². The second kappa shape index (κ2) is 5.29. The van der Waals surface area contributed by atoms with Crippen LogP contribution in [0.15, 0.2) is 18.2 Å². The van der Waals surface area contributed by atoms with Gasteiger partial charge in [-0.3, -0.25) is 9.69 Å². The highest BCUT2D eigenvalue weighted by Gasteiger charge is 2.41. The molecule has 1 saturated heterocycles. The van der Waals surface area contributed by atoms with Gasteiger partial charge in [0.1, 0.15) is 11.4 Å². The Bertz CT molecular complexity index is 489. The molecule has 1 unspecified atom stereocenters. The lowest BCUT2D eigenvalue weighted by atomic mass is 9.88. The topological polar surface area (TPSA) is 40.5 Å². The Morgan fingerprint density at radius 3 is 2.84 bits per heavy atom. The summed E-state index contributed by atoms with van der Waals surface area (Å²) >= 11 is 0. The number of halogens is 1. The van der Waals surface area contributed by atoms with E-state index < -0.39 is 11.5 Å². The standard InChI is InChI=1S/C15H20FNO2/c1-11-9-12(5-6-13(11)16)10-17-8-4-3-7-15(17,2)14(18)19/h5-6,9H,3-4,7-8,10H2,1-2H3,(H,18,19). The molecule has 1 aromatic carbocycles. The molecule has 0 aromatic heterocycles. The Morgan fingerprint density at radius 1 is 1.47 bits per heavy atom. The summed E-state index contributed by atoms with van der Waals surface area (Å²) in [5.74, 6) is -0.991. The van der Waals surface area contributed by atoms with Crippen molar-refractivity contribution < 1.29 is 14.3 Å². The number of benzene rings is 1. The van der Waals surface area contributed by atoms with Gasteiger partial charge in [-0.25, -0.2) is 4.39 Å². The number of aryl methyl sites for hydroxylation is 1. The zero-order valence-electron chi connectivity index (χ0n) is 11.4. The second-order valence-corrected chi connectivity index (χ2v) is 5.54. The van der Waals surface area contributed by atoms with Crippen molar-refractivity contribution in [1.29, 1.82) is 0 Å². The molecule has 0 spiro atoms. The molecule has 0 amide bonds. The van der Waals surface area contributed by atoms with Crippen LogP contribution in [-0.4, -0.2) is 28.1 Å². The molecule has 1 aliphatic rings. The lowest BCUT2D eigenvalue weighted by molar-refractivity contribution is -0.153. The van der Waals surface area contributed by atoms with Crippen molar-refractivity contribution in [1.82, 2.24) is 4.90 Å². The first-order chi connectivity index (χ1) is 8.93. The third kappa shape index (κ3) is 2.78. The highest BCUT2D eigenvalue weighted by atomic mass is 19.1. The van der Waals surface area contributed by atoms with Crippen LogP contribution in [0.25, 0.3) is 0 Å². The molecular weight excluding hydrogens is 245 g/mol. The summed E-state index contributed by atoms with van der Waals surface area (Å²) in [6.45, 7) is 4.85. The number of hydrogen-bond donors (Lipinski definition) is 1. The van der Waals surface area contributed by atoms with Crippen molar-refractivity contribution in [3.63, 3.8) is 0 Å². The van der Waals surface area contributed by atoms with E-state index in [1.54, 1.807) is 26.0 Å². The van der Waals surface area contributed by atoms with E-state index >= 15 is 0 Å². The molecule has 104 valence electrons. The highest BCUT2D eigenvalue weighted by Crippen LogP contribution is 2.30. The van der Waals surface area contributed by atoms with Crippen LogP contribution in [0.5, 0.6) is 0 Å². The van der Waals surface area contributed by atoms with E-state index in [-0.39, 0.29) is 5.82 Å². The zero-order chi connectivity index (χ0) is 14.0. The van der Waals surface area contributed by atoms with Crippen molar-refractivity contribution in [2.45, 2.75) is 45.2 Å². The quantitative estimate of drug-likeness (QED) is 0.913. The minimum Gasteiger partial charge on any atom is -0.480 e. The first-order valence-corrected chi connectivity index (χ1v) is 6.67. The van der Waals surface area contributed by atoms with Gasteiger partial charge in [0, 0.05) is 6.54 Å². The van der Waals surface area contributed by atoms with Gasteiger partial charge in [-0.1, -0.05) is 12.1 Å². The monoisotopic (exact) mass is 265 g/mol. The van der Waals surface area contributed by atoms with E-state index in [4.69, 9.17) is 0 Å². The summed E-state index contributed by atoms with van der Waals surface area (Å²) in [7, 11) is 0. The summed E-state index contributed by atoms with van der Waals surface area (Å²) in [4.78, 5) is 13.5. The van der Waals surface area contributed by atoms with Crippen LogP contribution in [-0.2, 0) is 11.3 Å². The first-order valence-electron chi connectivity index (χ1n) is 6.67. The van der Waals surface area contributed by atoms with E-state index in [9.17, 15) is 14.3 Å². The van der Waals surface area contributed by atoms with Gasteiger partial charge in [-0.15, -0.1) is 0 Å². The maximum Gasteiger partial charge on any atom is 0.323 e. The van der Waals surface area contributed by atoms with Crippen LogP contribution in [0.2, 0.25) is 0 Å². The molecule has 3 nitrogen and oxygen atoms in total. The van der Waals surface area contributed by atoms with Crippen LogP contribution in [0, 0.1) is 12.7 Å². The van der Waals surface area contributed by atoms with E-state index in [2.05, 4.69) is 0 Å². The molecule has 2 rings (SSSR count). The van der Waals surface area contributed by atoms with E-state index in [1.807, 2.05) is 4.90 Å². The molecule has 0 radical (unpaired) electrons. The number of piperidine rings is 1. The molecule has 4 heteroatoms. The molecule has 0 saturated carbocycles. The maximum atomic E-state index is 13.2. The van der Waals surface area contributed by atoms with Crippen molar-refractivity contribution in [2.75, 3.05) is 6.54 Å². The summed E-state index contributed by atoms with van der Waals surface area (Å²) < 4.78 is 13.2. The van der Waals surface area contributed by atoms with Crippen molar-refractivity contribution in [3.8, 4) is 0 Å². The zero-order valence-corrected chi connectivity index (χ0v) is 11.4. The Balaban J connectivity index is 2.20. The molecule has 19 heavy (non-hydrogen) atoms. The predicted molar refractivity (Wildman–Crippen MR) is 71.4 cm³/mol. The number of carbonyl (C=O) groups is 1. The highest BCUT2D eigenvalue weighted by molar-refractivity contribution is 5.78. The number of carboxylic acids is 1. The van der Waals surface area contributed by atoms with Crippen LogP contribution >= 0.6 is 0 Å². The smallest absolute Gasteiger partial charge is 0.323 e. The number of likely N-dealkylation sites (tertiary alicyclic amines) is 1. The SMILES string of the molecule is Cc1cc(CN2CCCCC2(C)C(=O)O)ccc1F. The average Bonchev–Trinajstić information content (AvgIpc) is 2.36. The van der Waals surface area contributed by atoms with Crippen LogP contribution in [0.4, 0.5) is 4.39 Å². The van der Waals surface area contributed by atoms with Crippen LogP contribution in [0.1, 0.15) is 37.3 Å². The van der Waals surface area contributed by atoms with E-state index in [0.717, 1.165) is 24.9 Å². The molecule has 0 bridgehead atoms. The van der Waals surface area contributed by atoms with Gasteiger partial charge in [0.15, 0.2) is 0 Å². The number of carboxylic acid groups (broad SMARTS) is 1.